The van der Waals surface area contributed by atoms with Gasteiger partial charge in [0.1, 0.15) is 13.2 Å². The fourth-order valence-electron chi connectivity index (χ4n) is 7.48. The summed E-state index contributed by atoms with van der Waals surface area (Å²) in [6.45, 7) is 6.59. The number of rotatable bonds is 47. The molecule has 0 aliphatic rings. The van der Waals surface area contributed by atoms with Gasteiger partial charge in [0, 0.05) is 19.3 Å². The minimum Gasteiger partial charge on any atom is -0.462 e. The Kier molecular flexibility index (Phi) is 46.8. The summed E-state index contributed by atoms with van der Waals surface area (Å²) in [5.41, 5.74) is 0. The summed E-state index contributed by atoms with van der Waals surface area (Å²) in [4.78, 5) is 37.9. The van der Waals surface area contributed by atoms with Crippen LogP contribution >= 0.6 is 0 Å². The van der Waals surface area contributed by atoms with Crippen LogP contribution in [0.5, 0.6) is 0 Å². The number of ether oxygens (including phenoxy) is 3. The summed E-state index contributed by atoms with van der Waals surface area (Å²) in [6.07, 6.45) is 54.5. The summed E-state index contributed by atoms with van der Waals surface area (Å²) >= 11 is 0. The van der Waals surface area contributed by atoms with E-state index in [1.807, 2.05) is 0 Å². The third kappa shape index (κ3) is 46.8. The van der Waals surface area contributed by atoms with Crippen molar-refractivity contribution in [2.75, 3.05) is 13.2 Å². The van der Waals surface area contributed by atoms with E-state index in [2.05, 4.69) is 45.1 Å². The molecule has 0 saturated carbocycles. The van der Waals surface area contributed by atoms with Gasteiger partial charge in [-0.05, 0) is 64.2 Å². The Balaban J connectivity index is 4.32. The Hall–Kier alpha value is -2.11. The fourth-order valence-corrected chi connectivity index (χ4v) is 7.48. The molecule has 0 spiro atoms. The maximum atomic E-state index is 12.8. The highest BCUT2D eigenvalue weighted by atomic mass is 16.6. The Morgan fingerprint density at radius 3 is 0.915 bits per heavy atom. The number of allylic oxidation sites excluding steroid dienone is 4. The Labute approximate surface area is 366 Å². The average molecular weight is 831 g/mol. The Morgan fingerprint density at radius 2 is 0.576 bits per heavy atom. The van der Waals surface area contributed by atoms with Crippen LogP contribution in [0.1, 0.15) is 278 Å². The van der Waals surface area contributed by atoms with E-state index in [0.717, 1.165) is 89.9 Å². The van der Waals surface area contributed by atoms with Crippen molar-refractivity contribution in [1.29, 1.82) is 0 Å². The molecule has 0 amide bonds. The minimum absolute atomic E-state index is 0.0773. The monoisotopic (exact) mass is 831 g/mol. The van der Waals surface area contributed by atoms with Crippen molar-refractivity contribution in [2.45, 2.75) is 284 Å². The van der Waals surface area contributed by atoms with Crippen LogP contribution in [0.4, 0.5) is 0 Å². The molecule has 1 unspecified atom stereocenters. The van der Waals surface area contributed by atoms with E-state index in [4.69, 9.17) is 14.2 Å². The normalized spacial score (nSPS) is 12.1. The van der Waals surface area contributed by atoms with Gasteiger partial charge in [-0.2, -0.15) is 0 Å². The van der Waals surface area contributed by atoms with Crippen LogP contribution in [0, 0.1) is 0 Å². The van der Waals surface area contributed by atoms with E-state index in [0.29, 0.717) is 19.3 Å². The largest absolute Gasteiger partial charge is 0.462 e. The molecule has 0 bridgehead atoms. The van der Waals surface area contributed by atoms with Crippen molar-refractivity contribution >= 4 is 17.9 Å². The first-order valence-corrected chi connectivity index (χ1v) is 25.8. The van der Waals surface area contributed by atoms with E-state index in [9.17, 15) is 14.4 Å². The molecule has 59 heavy (non-hydrogen) atoms. The highest BCUT2D eigenvalue weighted by molar-refractivity contribution is 5.71. The van der Waals surface area contributed by atoms with Crippen LogP contribution in [-0.2, 0) is 28.6 Å². The molecule has 0 heterocycles. The summed E-state index contributed by atoms with van der Waals surface area (Å²) in [5, 5.41) is 0. The number of esters is 3. The zero-order chi connectivity index (χ0) is 43.0. The topological polar surface area (TPSA) is 78.9 Å². The van der Waals surface area contributed by atoms with Gasteiger partial charge in [0.15, 0.2) is 6.10 Å². The molecule has 0 aliphatic carbocycles. The molecule has 346 valence electrons. The lowest BCUT2D eigenvalue weighted by Gasteiger charge is -2.18. The van der Waals surface area contributed by atoms with Crippen LogP contribution < -0.4 is 0 Å². The van der Waals surface area contributed by atoms with E-state index >= 15 is 0 Å². The quantitative estimate of drug-likeness (QED) is 0.0263. The van der Waals surface area contributed by atoms with Gasteiger partial charge in [-0.3, -0.25) is 14.4 Å². The third-order valence-electron chi connectivity index (χ3n) is 11.4. The summed E-state index contributed by atoms with van der Waals surface area (Å²) in [7, 11) is 0. The molecule has 0 saturated heterocycles. The van der Waals surface area contributed by atoms with Gasteiger partial charge in [0.2, 0.25) is 0 Å². The van der Waals surface area contributed by atoms with Crippen LogP contribution in [0.3, 0.4) is 0 Å². The lowest BCUT2D eigenvalue weighted by molar-refractivity contribution is -0.167. The van der Waals surface area contributed by atoms with Crippen molar-refractivity contribution in [1.82, 2.24) is 0 Å². The molecular weight excluding hydrogens is 733 g/mol. The van der Waals surface area contributed by atoms with Crippen LogP contribution in [0.25, 0.3) is 0 Å². The number of hydrogen-bond acceptors (Lipinski definition) is 6. The van der Waals surface area contributed by atoms with Crippen molar-refractivity contribution in [3.8, 4) is 0 Å². The Bertz CT molecular complexity index is 958. The molecule has 0 N–H and O–H groups in total. The molecule has 0 aromatic heterocycles. The van der Waals surface area contributed by atoms with Crippen LogP contribution in [-0.4, -0.2) is 37.2 Å². The minimum atomic E-state index is -0.778. The molecule has 6 heteroatoms. The number of unbranched alkanes of at least 4 members (excludes halogenated alkanes) is 32. The zero-order valence-electron chi connectivity index (χ0n) is 39.5. The Morgan fingerprint density at radius 1 is 0.322 bits per heavy atom. The zero-order valence-corrected chi connectivity index (χ0v) is 39.5. The van der Waals surface area contributed by atoms with E-state index in [1.54, 1.807) is 0 Å². The number of carbonyl (C=O) groups is 3. The van der Waals surface area contributed by atoms with Gasteiger partial charge < -0.3 is 14.2 Å². The first-order valence-electron chi connectivity index (χ1n) is 25.8. The smallest absolute Gasteiger partial charge is 0.306 e. The van der Waals surface area contributed by atoms with E-state index in [1.165, 1.54) is 148 Å². The lowest BCUT2D eigenvalue weighted by Crippen LogP contribution is -2.30. The lowest BCUT2D eigenvalue weighted by atomic mass is 10.0. The van der Waals surface area contributed by atoms with Crippen molar-refractivity contribution in [2.24, 2.45) is 0 Å². The molecule has 0 radical (unpaired) electrons. The van der Waals surface area contributed by atoms with Gasteiger partial charge in [0.05, 0.1) is 0 Å². The van der Waals surface area contributed by atoms with Gasteiger partial charge >= 0.3 is 17.9 Å². The molecule has 0 aliphatic heterocycles. The second-order valence-electron chi connectivity index (χ2n) is 17.4. The second kappa shape index (κ2) is 48.6. The number of hydrogen-bond donors (Lipinski definition) is 0. The summed E-state index contributed by atoms with van der Waals surface area (Å²) in [6, 6.07) is 0. The molecular formula is C53H98O6. The van der Waals surface area contributed by atoms with Gasteiger partial charge in [-0.15, -0.1) is 0 Å². The number of carbonyl (C=O) groups excluding carboxylic acids is 3. The van der Waals surface area contributed by atoms with Crippen LogP contribution in [0.2, 0.25) is 0 Å². The maximum absolute atomic E-state index is 12.8. The standard InChI is InChI=1S/C53H98O6/c1-4-7-10-13-16-19-22-24-26-27-28-30-31-34-37-40-43-46-52(55)58-49-50(48-57-51(54)45-42-39-36-33-21-18-15-12-9-6-3)59-53(56)47-44-41-38-35-32-29-25-23-20-17-14-11-8-5-2/h15,18,29,32,50H,4-14,16-17,19-28,30-31,33-49H2,1-3H3/b18-15-,32-29-. The highest BCUT2D eigenvalue weighted by Crippen LogP contribution is 2.16. The average Bonchev–Trinajstić information content (AvgIpc) is 3.23. The van der Waals surface area contributed by atoms with E-state index in [-0.39, 0.29) is 31.1 Å². The predicted molar refractivity (Wildman–Crippen MR) is 252 cm³/mol. The van der Waals surface area contributed by atoms with E-state index < -0.39 is 6.10 Å². The first-order chi connectivity index (χ1) is 29.0. The molecule has 0 fully saturated rings. The fraction of sp³-hybridized carbons (Fsp3) is 0.868. The van der Waals surface area contributed by atoms with Gasteiger partial charge in [-0.25, -0.2) is 0 Å². The molecule has 1 atom stereocenters. The van der Waals surface area contributed by atoms with Crippen molar-refractivity contribution in [3.63, 3.8) is 0 Å². The highest BCUT2D eigenvalue weighted by Gasteiger charge is 2.19. The maximum Gasteiger partial charge on any atom is 0.306 e. The SMILES string of the molecule is CCCC/C=C\CCCCCCC(=O)OCC(COC(=O)CCCCCCCCCCCCCCCCCCC)OC(=O)CCCCC/C=C\CCCCCCCCC. The van der Waals surface area contributed by atoms with Crippen molar-refractivity contribution < 1.29 is 28.6 Å². The summed E-state index contributed by atoms with van der Waals surface area (Å²) in [5.74, 6) is -0.896. The third-order valence-corrected chi connectivity index (χ3v) is 11.4. The molecule has 6 nitrogen and oxygen atoms in total. The predicted octanol–water partition coefficient (Wildman–Crippen LogP) is 16.8. The van der Waals surface area contributed by atoms with Crippen LogP contribution in [0.15, 0.2) is 24.3 Å². The molecule has 0 aromatic carbocycles. The van der Waals surface area contributed by atoms with Crippen molar-refractivity contribution in [3.05, 3.63) is 24.3 Å². The first kappa shape index (κ1) is 56.9. The summed E-state index contributed by atoms with van der Waals surface area (Å²) < 4.78 is 16.8. The van der Waals surface area contributed by atoms with Gasteiger partial charge in [0.25, 0.3) is 0 Å². The molecule has 0 rings (SSSR count). The second-order valence-corrected chi connectivity index (χ2v) is 17.4. The molecule has 0 aromatic rings. The van der Waals surface area contributed by atoms with Gasteiger partial charge in [-0.1, -0.05) is 218 Å².